The molecular formula is C14H18F3N3O. The fraction of sp³-hybridized carbons (Fsp3) is 0.500. The molecule has 0 spiro atoms. The van der Waals surface area contributed by atoms with E-state index in [2.05, 4.69) is 0 Å². The van der Waals surface area contributed by atoms with Crippen molar-refractivity contribution in [2.45, 2.75) is 13.1 Å². The fourth-order valence-electron chi connectivity index (χ4n) is 2.46. The van der Waals surface area contributed by atoms with Gasteiger partial charge in [0.2, 0.25) is 0 Å². The lowest BCUT2D eigenvalue weighted by atomic mass is 10.1. The second kappa shape index (κ2) is 5.93. The Bertz CT molecular complexity index is 523. The van der Waals surface area contributed by atoms with Gasteiger partial charge in [0.1, 0.15) is 0 Å². The van der Waals surface area contributed by atoms with Gasteiger partial charge in [-0.05, 0) is 30.7 Å². The summed E-state index contributed by atoms with van der Waals surface area (Å²) in [5, 5.41) is 0. The minimum atomic E-state index is -4.19. The number of aryl methyl sites for hydroxylation is 1. The molecular weight excluding hydrogens is 283 g/mol. The van der Waals surface area contributed by atoms with E-state index >= 15 is 0 Å². The molecule has 2 rings (SSSR count). The van der Waals surface area contributed by atoms with Crippen LogP contribution in [0.5, 0.6) is 0 Å². The zero-order chi connectivity index (χ0) is 15.6. The molecule has 0 aromatic heterocycles. The summed E-state index contributed by atoms with van der Waals surface area (Å²) in [6.45, 7) is 1.95. The van der Waals surface area contributed by atoms with Crippen molar-refractivity contribution >= 4 is 11.6 Å². The van der Waals surface area contributed by atoms with Crippen LogP contribution >= 0.6 is 0 Å². The molecule has 1 fully saturated rings. The molecule has 7 heteroatoms. The molecule has 1 aromatic rings. The van der Waals surface area contributed by atoms with Gasteiger partial charge in [0, 0.05) is 37.4 Å². The minimum absolute atomic E-state index is 0.154. The maximum absolute atomic E-state index is 12.4. The highest BCUT2D eigenvalue weighted by atomic mass is 19.4. The van der Waals surface area contributed by atoms with Gasteiger partial charge < -0.3 is 10.6 Å². The van der Waals surface area contributed by atoms with E-state index in [9.17, 15) is 18.0 Å². The standard InChI is InChI=1S/C14H18F3N3O/c1-10-8-11(18)2-3-12(10)13(21)20-6-4-19(5-7-20)9-14(15,16)17/h2-3,8H,4-7,9,18H2,1H3. The lowest BCUT2D eigenvalue weighted by Gasteiger charge is -2.35. The van der Waals surface area contributed by atoms with Crippen molar-refractivity contribution in [2.75, 3.05) is 38.5 Å². The van der Waals surface area contributed by atoms with Crippen LogP contribution in [-0.4, -0.2) is 54.6 Å². The molecule has 1 aromatic carbocycles. The van der Waals surface area contributed by atoms with Crippen LogP contribution in [0.2, 0.25) is 0 Å². The van der Waals surface area contributed by atoms with Gasteiger partial charge >= 0.3 is 6.18 Å². The molecule has 0 aliphatic carbocycles. The maximum atomic E-state index is 12.4. The summed E-state index contributed by atoms with van der Waals surface area (Å²) in [6.07, 6.45) is -4.19. The van der Waals surface area contributed by atoms with Crippen LogP contribution in [0.3, 0.4) is 0 Å². The number of alkyl halides is 3. The van der Waals surface area contributed by atoms with Gasteiger partial charge in [0.25, 0.3) is 5.91 Å². The highest BCUT2D eigenvalue weighted by Gasteiger charge is 2.33. The Hall–Kier alpha value is -1.76. The van der Waals surface area contributed by atoms with Crippen LogP contribution in [-0.2, 0) is 0 Å². The SMILES string of the molecule is Cc1cc(N)ccc1C(=O)N1CCN(CC(F)(F)F)CC1. The van der Waals surface area contributed by atoms with E-state index in [-0.39, 0.29) is 19.0 Å². The monoisotopic (exact) mass is 301 g/mol. The average Bonchev–Trinajstić information content (AvgIpc) is 2.37. The Kier molecular flexibility index (Phi) is 4.41. The van der Waals surface area contributed by atoms with Crippen LogP contribution in [0.1, 0.15) is 15.9 Å². The number of hydrogen-bond acceptors (Lipinski definition) is 3. The highest BCUT2D eigenvalue weighted by molar-refractivity contribution is 5.96. The third-order valence-electron chi connectivity index (χ3n) is 3.54. The summed E-state index contributed by atoms with van der Waals surface area (Å²) in [4.78, 5) is 15.3. The van der Waals surface area contributed by atoms with E-state index < -0.39 is 12.7 Å². The second-order valence-electron chi connectivity index (χ2n) is 5.26. The third-order valence-corrected chi connectivity index (χ3v) is 3.54. The quantitative estimate of drug-likeness (QED) is 0.849. The predicted octanol–water partition coefficient (Wildman–Crippen LogP) is 1.90. The second-order valence-corrected chi connectivity index (χ2v) is 5.26. The zero-order valence-electron chi connectivity index (χ0n) is 11.8. The molecule has 1 aliphatic heterocycles. The molecule has 2 N–H and O–H groups in total. The van der Waals surface area contributed by atoms with Crippen molar-refractivity contribution in [1.82, 2.24) is 9.80 Å². The Morgan fingerprint density at radius 2 is 1.86 bits per heavy atom. The summed E-state index contributed by atoms with van der Waals surface area (Å²) in [6, 6.07) is 5.03. The van der Waals surface area contributed by atoms with E-state index in [1.807, 2.05) is 0 Å². The van der Waals surface area contributed by atoms with Gasteiger partial charge in [0.15, 0.2) is 0 Å². The Morgan fingerprint density at radius 3 is 2.38 bits per heavy atom. The highest BCUT2D eigenvalue weighted by Crippen LogP contribution is 2.19. The number of carbonyl (C=O) groups is 1. The first kappa shape index (κ1) is 15.6. The molecule has 1 aliphatic rings. The lowest BCUT2D eigenvalue weighted by molar-refractivity contribution is -0.148. The van der Waals surface area contributed by atoms with Crippen molar-refractivity contribution in [3.63, 3.8) is 0 Å². The number of anilines is 1. The van der Waals surface area contributed by atoms with Gasteiger partial charge in [-0.1, -0.05) is 0 Å². The Balaban J connectivity index is 1.97. The van der Waals surface area contributed by atoms with Crippen LogP contribution in [0, 0.1) is 6.92 Å². The maximum Gasteiger partial charge on any atom is 0.401 e. The van der Waals surface area contributed by atoms with Crippen molar-refractivity contribution in [1.29, 1.82) is 0 Å². The van der Waals surface area contributed by atoms with Crippen molar-refractivity contribution < 1.29 is 18.0 Å². The predicted molar refractivity (Wildman–Crippen MR) is 74.0 cm³/mol. The number of halogens is 3. The number of carbonyl (C=O) groups excluding carboxylic acids is 1. The van der Waals surface area contributed by atoms with E-state index in [4.69, 9.17) is 5.73 Å². The summed E-state index contributed by atoms with van der Waals surface area (Å²) >= 11 is 0. The first-order valence-corrected chi connectivity index (χ1v) is 6.71. The molecule has 0 unspecified atom stereocenters. The van der Waals surface area contributed by atoms with E-state index in [1.54, 1.807) is 30.0 Å². The van der Waals surface area contributed by atoms with E-state index in [1.165, 1.54) is 4.90 Å². The van der Waals surface area contributed by atoms with Gasteiger partial charge in [-0.25, -0.2) is 0 Å². The smallest absolute Gasteiger partial charge is 0.399 e. The normalized spacial score (nSPS) is 17.0. The summed E-state index contributed by atoms with van der Waals surface area (Å²) < 4.78 is 37.0. The van der Waals surface area contributed by atoms with Crippen LogP contribution in [0.4, 0.5) is 18.9 Å². The molecule has 1 saturated heterocycles. The summed E-state index contributed by atoms with van der Waals surface area (Å²) in [5.74, 6) is -0.154. The zero-order valence-corrected chi connectivity index (χ0v) is 11.8. The molecule has 0 radical (unpaired) electrons. The number of nitrogens with zero attached hydrogens (tertiary/aromatic N) is 2. The average molecular weight is 301 g/mol. The number of rotatable bonds is 2. The van der Waals surface area contributed by atoms with Crippen LogP contribution < -0.4 is 5.73 Å². The molecule has 4 nitrogen and oxygen atoms in total. The van der Waals surface area contributed by atoms with E-state index in [0.717, 1.165) is 5.56 Å². The van der Waals surface area contributed by atoms with Gasteiger partial charge in [-0.3, -0.25) is 9.69 Å². The third kappa shape index (κ3) is 4.10. The fourth-order valence-corrected chi connectivity index (χ4v) is 2.46. The molecule has 116 valence electrons. The van der Waals surface area contributed by atoms with Crippen molar-refractivity contribution in [3.05, 3.63) is 29.3 Å². The van der Waals surface area contributed by atoms with Crippen molar-refractivity contribution in [3.8, 4) is 0 Å². The number of amides is 1. The topological polar surface area (TPSA) is 49.6 Å². The number of nitrogen functional groups attached to an aromatic ring is 1. The molecule has 0 saturated carbocycles. The first-order chi connectivity index (χ1) is 9.76. The van der Waals surface area contributed by atoms with Gasteiger partial charge in [0.05, 0.1) is 6.54 Å². The Morgan fingerprint density at radius 1 is 1.24 bits per heavy atom. The summed E-state index contributed by atoms with van der Waals surface area (Å²) in [7, 11) is 0. The van der Waals surface area contributed by atoms with Gasteiger partial charge in [-0.15, -0.1) is 0 Å². The van der Waals surface area contributed by atoms with E-state index in [0.29, 0.717) is 24.3 Å². The molecule has 21 heavy (non-hydrogen) atoms. The molecule has 0 bridgehead atoms. The number of piperazine rings is 1. The number of benzene rings is 1. The minimum Gasteiger partial charge on any atom is -0.399 e. The molecule has 1 heterocycles. The Labute approximate surface area is 121 Å². The van der Waals surface area contributed by atoms with Crippen molar-refractivity contribution in [2.24, 2.45) is 0 Å². The molecule has 1 amide bonds. The van der Waals surface area contributed by atoms with Gasteiger partial charge in [-0.2, -0.15) is 13.2 Å². The van der Waals surface area contributed by atoms with Crippen LogP contribution in [0.15, 0.2) is 18.2 Å². The van der Waals surface area contributed by atoms with Crippen LogP contribution in [0.25, 0.3) is 0 Å². The summed E-state index contributed by atoms with van der Waals surface area (Å²) in [5.41, 5.74) is 7.55. The number of nitrogens with two attached hydrogens (primary N) is 1. The molecule has 0 atom stereocenters. The largest absolute Gasteiger partial charge is 0.401 e. The number of hydrogen-bond donors (Lipinski definition) is 1. The lowest BCUT2D eigenvalue weighted by Crippen LogP contribution is -2.51. The first-order valence-electron chi connectivity index (χ1n) is 6.71.